The van der Waals surface area contributed by atoms with E-state index in [1.807, 2.05) is 7.05 Å². The van der Waals surface area contributed by atoms with Crippen LogP contribution in [0.4, 0.5) is 0 Å². The van der Waals surface area contributed by atoms with Gasteiger partial charge in [0.25, 0.3) is 5.91 Å². The van der Waals surface area contributed by atoms with Crippen LogP contribution in [-0.4, -0.2) is 37.5 Å². The summed E-state index contributed by atoms with van der Waals surface area (Å²) >= 11 is 5.78. The predicted molar refractivity (Wildman–Crippen MR) is 64.8 cm³/mol. The topological polar surface area (TPSA) is 32.3 Å². The Balaban J connectivity index is 1.97. The number of benzene rings is 1. The molecule has 1 heterocycles. The van der Waals surface area contributed by atoms with Gasteiger partial charge >= 0.3 is 0 Å². The average Bonchev–Trinajstić information content (AvgIpc) is 2.23. The van der Waals surface area contributed by atoms with E-state index in [-0.39, 0.29) is 5.91 Å². The first kappa shape index (κ1) is 11.4. The van der Waals surface area contributed by atoms with Gasteiger partial charge in [-0.15, -0.1) is 0 Å². The van der Waals surface area contributed by atoms with E-state index >= 15 is 0 Å². The molecule has 0 saturated carbocycles. The molecule has 1 fully saturated rings. The predicted octanol–water partition coefficient (Wildman–Crippen LogP) is 1.63. The van der Waals surface area contributed by atoms with Gasteiger partial charge in [0, 0.05) is 43.2 Å². The van der Waals surface area contributed by atoms with Gasteiger partial charge in [0.05, 0.1) is 0 Å². The van der Waals surface area contributed by atoms with Crippen LogP contribution < -0.4 is 5.32 Å². The highest BCUT2D eigenvalue weighted by molar-refractivity contribution is 6.30. The van der Waals surface area contributed by atoms with Crippen LogP contribution in [0.3, 0.4) is 0 Å². The lowest BCUT2D eigenvalue weighted by Crippen LogP contribution is -2.48. The maximum atomic E-state index is 12.0. The number of hydrogen-bond donors (Lipinski definition) is 1. The second-order valence-electron chi connectivity index (χ2n) is 4.22. The van der Waals surface area contributed by atoms with E-state index < -0.39 is 0 Å². The molecule has 1 aliphatic rings. The molecule has 3 nitrogen and oxygen atoms in total. The van der Waals surface area contributed by atoms with Crippen LogP contribution in [-0.2, 0) is 0 Å². The Morgan fingerprint density at radius 2 is 2.06 bits per heavy atom. The highest BCUT2D eigenvalue weighted by Gasteiger charge is 2.21. The summed E-state index contributed by atoms with van der Waals surface area (Å²) in [5.41, 5.74) is 0.694. The SMILES string of the molecule is CN(CC1CNC1)C(=O)c1ccc(Cl)cc1. The van der Waals surface area contributed by atoms with Gasteiger partial charge < -0.3 is 10.2 Å². The number of carbonyl (C=O) groups excluding carboxylic acids is 1. The van der Waals surface area contributed by atoms with Crippen molar-refractivity contribution in [2.24, 2.45) is 5.92 Å². The third-order valence-corrected chi connectivity index (χ3v) is 3.09. The Morgan fingerprint density at radius 3 is 2.56 bits per heavy atom. The fourth-order valence-corrected chi connectivity index (χ4v) is 1.89. The Bertz CT molecular complexity index is 373. The van der Waals surface area contributed by atoms with Crippen LogP contribution in [0.25, 0.3) is 0 Å². The Labute approximate surface area is 100 Å². The van der Waals surface area contributed by atoms with E-state index in [0.29, 0.717) is 16.5 Å². The molecular weight excluding hydrogens is 224 g/mol. The van der Waals surface area contributed by atoms with Gasteiger partial charge in [-0.1, -0.05) is 11.6 Å². The summed E-state index contributed by atoms with van der Waals surface area (Å²) in [6, 6.07) is 7.02. The third kappa shape index (κ3) is 2.54. The van der Waals surface area contributed by atoms with Crippen LogP contribution in [0.2, 0.25) is 5.02 Å². The number of halogens is 1. The minimum atomic E-state index is 0.0589. The van der Waals surface area contributed by atoms with Gasteiger partial charge in [-0.2, -0.15) is 0 Å². The molecular formula is C12H15ClN2O. The van der Waals surface area contributed by atoms with E-state index in [1.165, 1.54) is 0 Å². The average molecular weight is 239 g/mol. The van der Waals surface area contributed by atoms with E-state index in [1.54, 1.807) is 29.2 Å². The largest absolute Gasteiger partial charge is 0.341 e. The zero-order chi connectivity index (χ0) is 11.5. The van der Waals surface area contributed by atoms with Gasteiger partial charge in [-0.3, -0.25) is 4.79 Å². The van der Waals surface area contributed by atoms with Crippen molar-refractivity contribution in [2.75, 3.05) is 26.7 Å². The number of carbonyl (C=O) groups is 1. The van der Waals surface area contributed by atoms with Crippen molar-refractivity contribution in [2.45, 2.75) is 0 Å². The highest BCUT2D eigenvalue weighted by atomic mass is 35.5. The summed E-state index contributed by atoms with van der Waals surface area (Å²) < 4.78 is 0. The minimum absolute atomic E-state index is 0.0589. The van der Waals surface area contributed by atoms with Gasteiger partial charge in [0.15, 0.2) is 0 Å². The van der Waals surface area contributed by atoms with Crippen LogP contribution in [0.5, 0.6) is 0 Å². The minimum Gasteiger partial charge on any atom is -0.341 e. The standard InChI is InChI=1S/C12H15ClN2O/c1-15(8-9-6-14-7-9)12(16)10-2-4-11(13)5-3-10/h2-5,9,14H,6-8H2,1H3. The molecule has 4 heteroatoms. The molecule has 1 saturated heterocycles. The van der Waals surface area contributed by atoms with E-state index in [0.717, 1.165) is 19.6 Å². The van der Waals surface area contributed by atoms with Crippen molar-refractivity contribution >= 4 is 17.5 Å². The Hall–Kier alpha value is -1.06. The molecule has 0 aliphatic carbocycles. The Kier molecular flexibility index (Phi) is 3.46. The second-order valence-corrected chi connectivity index (χ2v) is 4.65. The molecule has 0 unspecified atom stereocenters. The van der Waals surface area contributed by atoms with Gasteiger partial charge in [-0.25, -0.2) is 0 Å². The molecule has 86 valence electrons. The van der Waals surface area contributed by atoms with E-state index in [4.69, 9.17) is 11.6 Å². The molecule has 1 aliphatic heterocycles. The number of hydrogen-bond acceptors (Lipinski definition) is 2. The molecule has 0 spiro atoms. The van der Waals surface area contributed by atoms with Crippen LogP contribution in [0, 0.1) is 5.92 Å². The summed E-state index contributed by atoms with van der Waals surface area (Å²) in [5.74, 6) is 0.657. The Morgan fingerprint density at radius 1 is 1.44 bits per heavy atom. The van der Waals surface area contributed by atoms with Crippen molar-refractivity contribution < 1.29 is 4.79 Å². The smallest absolute Gasteiger partial charge is 0.253 e. The van der Waals surface area contributed by atoms with Gasteiger partial charge in [0.1, 0.15) is 0 Å². The summed E-state index contributed by atoms with van der Waals surface area (Å²) in [4.78, 5) is 13.8. The lowest BCUT2D eigenvalue weighted by atomic mass is 10.0. The maximum Gasteiger partial charge on any atom is 0.253 e. The molecule has 2 rings (SSSR count). The quantitative estimate of drug-likeness (QED) is 0.868. The summed E-state index contributed by atoms with van der Waals surface area (Å²) in [6.45, 7) is 2.84. The summed E-state index contributed by atoms with van der Waals surface area (Å²) in [5, 5.41) is 3.85. The third-order valence-electron chi connectivity index (χ3n) is 2.84. The molecule has 0 radical (unpaired) electrons. The fourth-order valence-electron chi connectivity index (χ4n) is 1.76. The van der Waals surface area contributed by atoms with Crippen molar-refractivity contribution in [1.29, 1.82) is 0 Å². The van der Waals surface area contributed by atoms with Crippen LogP contribution >= 0.6 is 11.6 Å². The maximum absolute atomic E-state index is 12.0. The molecule has 1 aromatic rings. The van der Waals surface area contributed by atoms with Crippen molar-refractivity contribution in [1.82, 2.24) is 10.2 Å². The first-order valence-electron chi connectivity index (χ1n) is 5.38. The van der Waals surface area contributed by atoms with Crippen molar-refractivity contribution in [3.63, 3.8) is 0 Å². The van der Waals surface area contributed by atoms with Gasteiger partial charge in [0.2, 0.25) is 0 Å². The normalized spacial score (nSPS) is 15.6. The van der Waals surface area contributed by atoms with E-state index in [9.17, 15) is 4.79 Å². The highest BCUT2D eigenvalue weighted by Crippen LogP contribution is 2.12. The molecule has 1 aromatic carbocycles. The summed E-state index contributed by atoms with van der Waals surface area (Å²) in [7, 11) is 1.84. The lowest BCUT2D eigenvalue weighted by molar-refractivity contribution is 0.0756. The number of amides is 1. The van der Waals surface area contributed by atoms with Crippen LogP contribution in [0.15, 0.2) is 24.3 Å². The van der Waals surface area contributed by atoms with Crippen LogP contribution in [0.1, 0.15) is 10.4 Å². The molecule has 16 heavy (non-hydrogen) atoms. The first-order chi connectivity index (χ1) is 7.66. The number of nitrogens with one attached hydrogen (secondary N) is 1. The zero-order valence-corrected chi connectivity index (χ0v) is 10.00. The van der Waals surface area contributed by atoms with Gasteiger partial charge in [-0.05, 0) is 24.3 Å². The van der Waals surface area contributed by atoms with E-state index in [2.05, 4.69) is 5.32 Å². The second kappa shape index (κ2) is 4.85. The summed E-state index contributed by atoms with van der Waals surface area (Å²) in [6.07, 6.45) is 0. The first-order valence-corrected chi connectivity index (χ1v) is 5.76. The number of nitrogens with zero attached hydrogens (tertiary/aromatic N) is 1. The molecule has 1 N–H and O–H groups in total. The lowest BCUT2D eigenvalue weighted by Gasteiger charge is -2.31. The number of rotatable bonds is 3. The van der Waals surface area contributed by atoms with Crippen molar-refractivity contribution in [3.8, 4) is 0 Å². The molecule has 0 aromatic heterocycles. The molecule has 1 amide bonds. The fraction of sp³-hybridized carbons (Fsp3) is 0.417. The molecule has 0 atom stereocenters. The zero-order valence-electron chi connectivity index (χ0n) is 9.24. The monoisotopic (exact) mass is 238 g/mol. The van der Waals surface area contributed by atoms with Crippen molar-refractivity contribution in [3.05, 3.63) is 34.9 Å². The molecule has 0 bridgehead atoms.